The Labute approximate surface area is 223 Å². The van der Waals surface area contributed by atoms with Gasteiger partial charge in [-0.1, -0.05) is 41.5 Å². The van der Waals surface area contributed by atoms with E-state index in [4.69, 9.17) is 5.11 Å². The first-order valence-corrected chi connectivity index (χ1v) is 13.5. The van der Waals surface area contributed by atoms with Crippen molar-refractivity contribution < 1.29 is 38.7 Å². The van der Waals surface area contributed by atoms with E-state index in [9.17, 15) is 33.6 Å². The zero-order valence-corrected chi connectivity index (χ0v) is 23.4. The van der Waals surface area contributed by atoms with E-state index in [2.05, 4.69) is 0 Å². The number of carbonyl (C=O) groups excluding carboxylic acids is 6. The van der Waals surface area contributed by atoms with Gasteiger partial charge in [0.15, 0.2) is 5.78 Å². The third-order valence-corrected chi connectivity index (χ3v) is 11.1. The molecule has 0 spiro atoms. The highest BCUT2D eigenvalue weighted by atomic mass is 16.4. The molecule has 1 N–H and O–H groups in total. The number of allylic oxidation sites excluding steroid dienone is 2. The van der Waals surface area contributed by atoms with Gasteiger partial charge in [0.2, 0.25) is 11.6 Å². The predicted molar refractivity (Wildman–Crippen MR) is 136 cm³/mol. The summed E-state index contributed by atoms with van der Waals surface area (Å²) in [7, 11) is 0. The van der Waals surface area contributed by atoms with E-state index >= 15 is 0 Å². The number of carbonyl (C=O) groups is 7. The van der Waals surface area contributed by atoms with Crippen LogP contribution in [-0.4, -0.2) is 45.8 Å². The van der Waals surface area contributed by atoms with Gasteiger partial charge in [-0.2, -0.15) is 0 Å². The molecule has 0 radical (unpaired) electrons. The van der Waals surface area contributed by atoms with E-state index in [1.165, 1.54) is 6.92 Å². The second-order valence-corrected chi connectivity index (χ2v) is 13.4. The van der Waals surface area contributed by atoms with Crippen LogP contribution in [-0.2, 0) is 33.6 Å². The number of rotatable bonds is 6. The van der Waals surface area contributed by atoms with Gasteiger partial charge < -0.3 is 5.11 Å². The maximum absolute atomic E-state index is 14.1. The van der Waals surface area contributed by atoms with Crippen LogP contribution in [0, 0.1) is 45.3 Å². The van der Waals surface area contributed by atoms with Crippen molar-refractivity contribution in [1.82, 2.24) is 0 Å². The van der Waals surface area contributed by atoms with Crippen molar-refractivity contribution in [2.24, 2.45) is 45.3 Å². The smallest absolute Gasteiger partial charge is 0.306 e. The van der Waals surface area contributed by atoms with E-state index in [1.54, 1.807) is 34.6 Å². The molecular formula is C30H38O8. The van der Waals surface area contributed by atoms with Crippen LogP contribution < -0.4 is 0 Å². The summed E-state index contributed by atoms with van der Waals surface area (Å²) in [5.41, 5.74) is -4.49. The van der Waals surface area contributed by atoms with Crippen LogP contribution in [0.15, 0.2) is 11.1 Å². The van der Waals surface area contributed by atoms with Gasteiger partial charge in [-0.25, -0.2) is 0 Å². The quantitative estimate of drug-likeness (QED) is 0.517. The molecular weight excluding hydrogens is 488 g/mol. The summed E-state index contributed by atoms with van der Waals surface area (Å²) >= 11 is 0. The van der Waals surface area contributed by atoms with Crippen molar-refractivity contribution in [2.45, 2.75) is 87.0 Å². The molecule has 0 saturated heterocycles. The summed E-state index contributed by atoms with van der Waals surface area (Å²) in [5, 5.41) is 9.15. The lowest BCUT2D eigenvalue weighted by Gasteiger charge is -2.57. The van der Waals surface area contributed by atoms with Crippen molar-refractivity contribution in [2.75, 3.05) is 0 Å². The van der Waals surface area contributed by atoms with Crippen molar-refractivity contribution >= 4 is 40.7 Å². The number of aliphatic carboxylic acids is 1. The van der Waals surface area contributed by atoms with E-state index in [-0.39, 0.29) is 66.4 Å². The van der Waals surface area contributed by atoms with Crippen LogP contribution in [0.5, 0.6) is 0 Å². The van der Waals surface area contributed by atoms with Crippen molar-refractivity contribution in [3.8, 4) is 0 Å². The number of hydrogen-bond acceptors (Lipinski definition) is 7. The summed E-state index contributed by atoms with van der Waals surface area (Å²) in [5.74, 6) is -5.89. The van der Waals surface area contributed by atoms with Crippen LogP contribution in [0.25, 0.3) is 0 Å². The Morgan fingerprint density at radius 1 is 0.895 bits per heavy atom. The molecule has 0 aromatic carbocycles. The molecule has 38 heavy (non-hydrogen) atoms. The highest BCUT2D eigenvalue weighted by Crippen LogP contribution is 2.68. The molecule has 0 aromatic rings. The number of ketones is 6. The van der Waals surface area contributed by atoms with Gasteiger partial charge in [-0.05, 0) is 31.1 Å². The Hall–Kier alpha value is -2.77. The van der Waals surface area contributed by atoms with Crippen molar-refractivity contribution in [3.63, 3.8) is 0 Å². The molecule has 2 fully saturated rings. The van der Waals surface area contributed by atoms with E-state index in [1.807, 2.05) is 6.92 Å². The number of carboxylic acids is 1. The fourth-order valence-electron chi connectivity index (χ4n) is 8.45. The van der Waals surface area contributed by atoms with Crippen LogP contribution in [0.4, 0.5) is 0 Å². The second-order valence-electron chi connectivity index (χ2n) is 13.4. The zero-order valence-electron chi connectivity index (χ0n) is 23.4. The summed E-state index contributed by atoms with van der Waals surface area (Å²) in [4.78, 5) is 92.4. The van der Waals surface area contributed by atoms with E-state index in [0.29, 0.717) is 6.42 Å². The van der Waals surface area contributed by atoms with Crippen LogP contribution >= 0.6 is 0 Å². The largest absolute Gasteiger partial charge is 0.481 e. The summed E-state index contributed by atoms with van der Waals surface area (Å²) in [6.07, 6.45) is 0.346. The molecule has 0 heterocycles. The zero-order chi connectivity index (χ0) is 28.7. The fraction of sp³-hybridized carbons (Fsp3) is 0.700. The first kappa shape index (κ1) is 28.2. The maximum atomic E-state index is 14.1. The Morgan fingerprint density at radius 2 is 1.50 bits per heavy atom. The van der Waals surface area contributed by atoms with Crippen molar-refractivity contribution in [1.29, 1.82) is 0 Å². The molecule has 0 aromatic heterocycles. The third-order valence-electron chi connectivity index (χ3n) is 11.1. The fourth-order valence-corrected chi connectivity index (χ4v) is 8.45. The van der Waals surface area contributed by atoms with E-state index < -0.39 is 62.9 Å². The maximum Gasteiger partial charge on any atom is 0.306 e. The molecule has 7 atom stereocenters. The topological polar surface area (TPSA) is 140 Å². The lowest BCUT2D eigenvalue weighted by Crippen LogP contribution is -2.62. The van der Waals surface area contributed by atoms with Gasteiger partial charge in [0.05, 0.1) is 16.7 Å². The standard InChI is InChI=1S/C30H38O8/c1-14(10-16(31)11-15(2)26(37)38)17-12-21(34)30(7)22-18(32)13-19-27(3,4)20(33)8-9-28(19,5)23(22)24(35)25(36)29(17,30)6/h14-15,17,19H,8-13H2,1-7H3,(H,37,38). The van der Waals surface area contributed by atoms with Crippen molar-refractivity contribution in [3.05, 3.63) is 11.1 Å². The monoisotopic (exact) mass is 526 g/mol. The molecule has 8 nitrogen and oxygen atoms in total. The van der Waals surface area contributed by atoms with Gasteiger partial charge in [0.1, 0.15) is 17.3 Å². The van der Waals surface area contributed by atoms with Gasteiger partial charge in [0, 0.05) is 54.1 Å². The molecule has 4 aliphatic rings. The summed E-state index contributed by atoms with van der Waals surface area (Å²) < 4.78 is 0. The molecule has 7 unspecified atom stereocenters. The first-order chi connectivity index (χ1) is 17.4. The molecule has 2 saturated carbocycles. The minimum Gasteiger partial charge on any atom is -0.481 e. The van der Waals surface area contributed by atoms with Gasteiger partial charge in [0.25, 0.3) is 0 Å². The second kappa shape index (κ2) is 8.62. The lowest BCUT2D eigenvalue weighted by molar-refractivity contribution is -0.156. The van der Waals surface area contributed by atoms with Crippen LogP contribution in [0.1, 0.15) is 87.0 Å². The Kier molecular flexibility index (Phi) is 6.40. The average Bonchev–Trinajstić information content (AvgIpc) is 3.03. The summed E-state index contributed by atoms with van der Waals surface area (Å²) in [6.45, 7) is 11.8. The Bertz CT molecular complexity index is 1240. The molecule has 4 rings (SSSR count). The summed E-state index contributed by atoms with van der Waals surface area (Å²) in [6, 6.07) is 0. The van der Waals surface area contributed by atoms with E-state index in [0.717, 1.165) is 0 Å². The minimum absolute atomic E-state index is 0.0233. The van der Waals surface area contributed by atoms with Crippen LogP contribution in [0.3, 0.4) is 0 Å². The first-order valence-electron chi connectivity index (χ1n) is 13.5. The average molecular weight is 527 g/mol. The molecule has 0 aliphatic heterocycles. The molecule has 8 heteroatoms. The number of fused-ring (bicyclic) bond motifs is 4. The Morgan fingerprint density at radius 3 is 2.08 bits per heavy atom. The highest BCUT2D eigenvalue weighted by Gasteiger charge is 2.74. The normalized spacial score (nSPS) is 37.9. The van der Waals surface area contributed by atoms with Gasteiger partial charge in [-0.3, -0.25) is 33.6 Å². The molecule has 0 amide bonds. The number of carboxylic acid groups (broad SMARTS) is 1. The lowest BCUT2D eigenvalue weighted by atomic mass is 9.42. The number of hydrogen-bond donors (Lipinski definition) is 1. The molecule has 4 aliphatic carbocycles. The number of Topliss-reactive ketones (excluding diaryl/α,β-unsaturated/α-hetero) is 6. The SMILES string of the molecule is CC(CC(=O)CC(C)C1CC(=O)C2(C)C3=C(C(=O)C(=O)C12C)C1(C)CCC(=O)C(C)(C)C1CC3=O)C(=O)O. The Balaban J connectivity index is 1.81. The minimum atomic E-state index is -1.51. The highest BCUT2D eigenvalue weighted by molar-refractivity contribution is 6.49. The molecule has 206 valence electrons. The van der Waals surface area contributed by atoms with Crippen LogP contribution in [0.2, 0.25) is 0 Å². The van der Waals surface area contributed by atoms with Gasteiger partial charge in [-0.15, -0.1) is 0 Å². The third kappa shape index (κ3) is 3.44. The predicted octanol–water partition coefficient (Wildman–Crippen LogP) is 3.73. The molecule has 0 bridgehead atoms. The van der Waals surface area contributed by atoms with Gasteiger partial charge >= 0.3 is 5.97 Å².